The highest BCUT2D eigenvalue weighted by Crippen LogP contribution is 2.01. The van der Waals surface area contributed by atoms with E-state index in [4.69, 9.17) is 21.9 Å². The van der Waals surface area contributed by atoms with Crippen LogP contribution in [0.1, 0.15) is 32.1 Å². The van der Waals surface area contributed by atoms with Gasteiger partial charge in [-0.25, -0.2) is 0 Å². The van der Waals surface area contributed by atoms with Gasteiger partial charge in [-0.3, -0.25) is 9.79 Å². The molecule has 0 saturated carbocycles. The Bertz CT molecular complexity index is 346. The number of hydrogen-bond acceptors (Lipinski definition) is 7. The number of nitrogens with two attached hydrogens (primary N) is 3. The number of rotatable bonds is 12. The molecule has 6 N–H and O–H groups in total. The fourth-order valence-electron chi connectivity index (χ4n) is 1.44. The highest BCUT2D eigenvalue weighted by molar-refractivity contribution is 5.76. The van der Waals surface area contributed by atoms with Gasteiger partial charge >= 0.3 is 5.97 Å². The molecule has 1 unspecified atom stereocenters. The quantitative estimate of drug-likeness (QED) is 0.106. The van der Waals surface area contributed by atoms with E-state index >= 15 is 0 Å². The smallest absolute Gasteiger partial charge is 0.322 e. The second kappa shape index (κ2) is 11.7. The minimum Gasteiger partial charge on any atom is -0.465 e. The molecule has 0 heterocycles. The number of unbranched alkanes of at least 4 members (excludes halogenated alkanes) is 2. The standard InChI is InChI=1S/C11H23N5O5/c12-9(5-4-6-15-11(13)14)10(17)20-7-2-1-3-8-21-16(18)19/h9H,1-8,12H2,(H4,13,14,15). The van der Waals surface area contributed by atoms with Crippen LogP contribution in [0.5, 0.6) is 0 Å². The normalized spacial score (nSPS) is 11.5. The van der Waals surface area contributed by atoms with Crippen molar-refractivity contribution < 1.29 is 19.5 Å². The van der Waals surface area contributed by atoms with E-state index < -0.39 is 17.1 Å². The SMILES string of the molecule is NC(N)=NCCCC(N)C(=O)OCCCCCO[N+](=O)[O-]. The van der Waals surface area contributed by atoms with Gasteiger partial charge in [0.2, 0.25) is 0 Å². The molecule has 0 fully saturated rings. The molecule has 0 aromatic rings. The molecule has 0 radical (unpaired) electrons. The zero-order chi connectivity index (χ0) is 16.1. The molecule has 21 heavy (non-hydrogen) atoms. The van der Waals surface area contributed by atoms with Crippen molar-refractivity contribution in [3.8, 4) is 0 Å². The molecule has 0 aromatic carbocycles. The Hall–Kier alpha value is -2.10. The summed E-state index contributed by atoms with van der Waals surface area (Å²) in [5, 5.41) is 9.04. The number of guanidine groups is 1. The van der Waals surface area contributed by atoms with E-state index in [2.05, 4.69) is 9.83 Å². The van der Waals surface area contributed by atoms with Gasteiger partial charge in [-0.15, -0.1) is 10.1 Å². The van der Waals surface area contributed by atoms with Crippen molar-refractivity contribution >= 4 is 11.9 Å². The van der Waals surface area contributed by atoms with Crippen LogP contribution in [0, 0.1) is 10.1 Å². The molecule has 10 heteroatoms. The summed E-state index contributed by atoms with van der Waals surface area (Å²) in [5.41, 5.74) is 16.0. The second-order valence-electron chi connectivity index (χ2n) is 4.34. The van der Waals surface area contributed by atoms with E-state index in [0.717, 1.165) is 0 Å². The molecule has 0 spiro atoms. The van der Waals surface area contributed by atoms with Crippen molar-refractivity contribution in [2.75, 3.05) is 19.8 Å². The first-order valence-electron chi connectivity index (χ1n) is 6.68. The molecule has 0 bridgehead atoms. The van der Waals surface area contributed by atoms with Gasteiger partial charge in [0.25, 0.3) is 5.09 Å². The molecule has 0 aromatic heterocycles. The Balaban J connectivity index is 3.51. The fraction of sp³-hybridized carbons (Fsp3) is 0.818. The third-order valence-electron chi connectivity index (χ3n) is 2.50. The van der Waals surface area contributed by atoms with Gasteiger partial charge in [-0.1, -0.05) is 0 Å². The first kappa shape index (κ1) is 18.9. The van der Waals surface area contributed by atoms with Crippen molar-refractivity contribution in [1.29, 1.82) is 0 Å². The maximum atomic E-state index is 11.5. The molecule has 0 aliphatic rings. The lowest BCUT2D eigenvalue weighted by molar-refractivity contribution is -0.757. The van der Waals surface area contributed by atoms with Crippen LogP contribution >= 0.6 is 0 Å². The number of hydrogen-bond donors (Lipinski definition) is 3. The lowest BCUT2D eigenvalue weighted by atomic mass is 10.2. The maximum absolute atomic E-state index is 11.5. The summed E-state index contributed by atoms with van der Waals surface area (Å²) < 4.78 is 4.99. The van der Waals surface area contributed by atoms with Crippen LogP contribution in [-0.2, 0) is 14.4 Å². The molecule has 1 atom stereocenters. The van der Waals surface area contributed by atoms with Crippen molar-refractivity contribution in [2.45, 2.75) is 38.1 Å². The monoisotopic (exact) mass is 305 g/mol. The van der Waals surface area contributed by atoms with E-state index in [0.29, 0.717) is 38.6 Å². The fourth-order valence-corrected chi connectivity index (χ4v) is 1.44. The Kier molecular flexibility index (Phi) is 10.5. The summed E-state index contributed by atoms with van der Waals surface area (Å²) in [6.45, 7) is 0.698. The minimum absolute atomic E-state index is 0.00667. The Morgan fingerprint density at radius 2 is 1.86 bits per heavy atom. The first-order chi connectivity index (χ1) is 9.93. The van der Waals surface area contributed by atoms with Crippen molar-refractivity contribution in [3.05, 3.63) is 10.1 Å². The van der Waals surface area contributed by atoms with Gasteiger partial charge in [0, 0.05) is 6.54 Å². The summed E-state index contributed by atoms with van der Waals surface area (Å²) in [6.07, 6.45) is 2.83. The number of nitrogens with zero attached hydrogens (tertiary/aromatic N) is 2. The van der Waals surface area contributed by atoms with E-state index in [1.807, 2.05) is 0 Å². The minimum atomic E-state index is -0.832. The predicted octanol–water partition coefficient (Wildman–Crippen LogP) is -0.711. The van der Waals surface area contributed by atoms with Gasteiger partial charge < -0.3 is 26.8 Å². The zero-order valence-corrected chi connectivity index (χ0v) is 11.9. The summed E-state index contributed by atoms with van der Waals surface area (Å²) in [6, 6.07) is -0.697. The van der Waals surface area contributed by atoms with Crippen LogP contribution < -0.4 is 17.2 Å². The van der Waals surface area contributed by atoms with Crippen LogP contribution in [0.4, 0.5) is 0 Å². The van der Waals surface area contributed by atoms with E-state index in [1.54, 1.807) is 0 Å². The number of carbonyl (C=O) groups excluding carboxylic acids is 1. The third kappa shape index (κ3) is 12.7. The van der Waals surface area contributed by atoms with E-state index in [-0.39, 0.29) is 19.2 Å². The Labute approximate surface area is 122 Å². The first-order valence-corrected chi connectivity index (χ1v) is 6.68. The summed E-state index contributed by atoms with van der Waals surface area (Å²) in [4.78, 5) is 29.3. The number of ether oxygens (including phenoxy) is 1. The third-order valence-corrected chi connectivity index (χ3v) is 2.50. The lowest BCUT2D eigenvalue weighted by Crippen LogP contribution is -2.32. The summed E-state index contributed by atoms with van der Waals surface area (Å²) in [5.74, 6) is -0.464. The molecule has 122 valence electrons. The largest absolute Gasteiger partial charge is 0.465 e. The number of esters is 1. The average molecular weight is 305 g/mol. The van der Waals surface area contributed by atoms with Gasteiger partial charge in [-0.05, 0) is 32.1 Å². The van der Waals surface area contributed by atoms with Crippen molar-refractivity contribution in [1.82, 2.24) is 0 Å². The predicted molar refractivity (Wildman–Crippen MR) is 75.6 cm³/mol. The van der Waals surface area contributed by atoms with Crippen molar-refractivity contribution in [2.24, 2.45) is 22.2 Å². The van der Waals surface area contributed by atoms with Crippen molar-refractivity contribution in [3.63, 3.8) is 0 Å². The Morgan fingerprint density at radius 1 is 1.19 bits per heavy atom. The average Bonchev–Trinajstić information content (AvgIpc) is 2.41. The van der Waals surface area contributed by atoms with Gasteiger partial charge in [0.15, 0.2) is 5.96 Å². The highest BCUT2D eigenvalue weighted by Gasteiger charge is 2.14. The topological polar surface area (TPSA) is 169 Å². The lowest BCUT2D eigenvalue weighted by Gasteiger charge is -2.10. The molecule has 0 aliphatic carbocycles. The molecular weight excluding hydrogens is 282 g/mol. The van der Waals surface area contributed by atoms with Crippen LogP contribution in [0.2, 0.25) is 0 Å². The van der Waals surface area contributed by atoms with Gasteiger partial charge in [0.05, 0.1) is 13.2 Å². The van der Waals surface area contributed by atoms with E-state index in [1.165, 1.54) is 0 Å². The Morgan fingerprint density at radius 3 is 2.48 bits per heavy atom. The molecule has 0 amide bonds. The molecule has 0 saturated heterocycles. The number of aliphatic imine (C=N–C) groups is 1. The highest BCUT2D eigenvalue weighted by atomic mass is 16.9. The zero-order valence-electron chi connectivity index (χ0n) is 11.9. The van der Waals surface area contributed by atoms with Gasteiger partial charge in [-0.2, -0.15) is 0 Å². The van der Waals surface area contributed by atoms with Crippen LogP contribution in [0.15, 0.2) is 4.99 Å². The maximum Gasteiger partial charge on any atom is 0.322 e. The molecule has 10 nitrogen and oxygen atoms in total. The van der Waals surface area contributed by atoms with Gasteiger partial charge in [0.1, 0.15) is 6.04 Å². The summed E-state index contributed by atoms with van der Waals surface area (Å²) >= 11 is 0. The summed E-state index contributed by atoms with van der Waals surface area (Å²) in [7, 11) is 0. The number of carbonyl (C=O) groups is 1. The van der Waals surface area contributed by atoms with Crippen LogP contribution in [0.25, 0.3) is 0 Å². The molecular formula is C11H23N5O5. The van der Waals surface area contributed by atoms with Crippen LogP contribution in [0.3, 0.4) is 0 Å². The molecule has 0 rings (SSSR count). The molecule has 0 aliphatic heterocycles. The second-order valence-corrected chi connectivity index (χ2v) is 4.34. The van der Waals surface area contributed by atoms with Crippen LogP contribution in [-0.4, -0.2) is 42.8 Å². The van der Waals surface area contributed by atoms with E-state index in [9.17, 15) is 14.9 Å².